The first-order chi connectivity index (χ1) is 9.44. The molecule has 2 heterocycles. The molecule has 0 aromatic heterocycles. The van der Waals surface area contributed by atoms with Crippen molar-refractivity contribution in [1.29, 1.82) is 0 Å². The molecule has 1 fully saturated rings. The summed E-state index contributed by atoms with van der Waals surface area (Å²) in [5, 5.41) is 0. The van der Waals surface area contributed by atoms with Crippen molar-refractivity contribution in [2.75, 3.05) is 18.1 Å². The van der Waals surface area contributed by atoms with Crippen molar-refractivity contribution in [2.24, 2.45) is 11.7 Å². The zero-order valence-corrected chi connectivity index (χ0v) is 13.5. The van der Waals surface area contributed by atoms with Crippen LogP contribution < -0.4 is 10.5 Å². The molecule has 0 aliphatic carbocycles. The molecular formula is C14H18BrNO3S. The summed E-state index contributed by atoms with van der Waals surface area (Å²) in [5.74, 6) is 1.52. The molecule has 20 heavy (non-hydrogen) atoms. The zero-order valence-electron chi connectivity index (χ0n) is 11.1. The third kappa shape index (κ3) is 2.87. The van der Waals surface area contributed by atoms with Gasteiger partial charge in [-0.2, -0.15) is 0 Å². The fraction of sp³-hybridized carbons (Fsp3) is 0.571. The SMILES string of the molecule is NC(Cc1cc(Br)cc2c1OCC2)C1CCS(=O)(=O)C1. The highest BCUT2D eigenvalue weighted by Gasteiger charge is 2.32. The van der Waals surface area contributed by atoms with Crippen LogP contribution in [0.25, 0.3) is 0 Å². The number of ether oxygens (including phenoxy) is 1. The summed E-state index contributed by atoms with van der Waals surface area (Å²) in [6.45, 7) is 0.714. The molecule has 2 unspecified atom stereocenters. The van der Waals surface area contributed by atoms with Crippen LogP contribution in [0.3, 0.4) is 0 Å². The Morgan fingerprint density at radius 1 is 1.45 bits per heavy atom. The summed E-state index contributed by atoms with van der Waals surface area (Å²) >= 11 is 3.52. The number of hydrogen-bond donors (Lipinski definition) is 1. The largest absolute Gasteiger partial charge is 0.493 e. The Bertz CT molecular complexity index is 630. The van der Waals surface area contributed by atoms with Gasteiger partial charge in [-0.1, -0.05) is 15.9 Å². The number of fused-ring (bicyclic) bond motifs is 1. The van der Waals surface area contributed by atoms with Gasteiger partial charge < -0.3 is 10.5 Å². The van der Waals surface area contributed by atoms with Gasteiger partial charge in [-0.15, -0.1) is 0 Å². The van der Waals surface area contributed by atoms with Gasteiger partial charge in [0.25, 0.3) is 0 Å². The predicted molar refractivity (Wildman–Crippen MR) is 81.8 cm³/mol. The molecule has 0 saturated carbocycles. The lowest BCUT2D eigenvalue weighted by Crippen LogP contribution is -2.33. The van der Waals surface area contributed by atoms with Crippen LogP contribution in [0.15, 0.2) is 16.6 Å². The second-order valence-corrected chi connectivity index (χ2v) is 8.83. The smallest absolute Gasteiger partial charge is 0.150 e. The minimum absolute atomic E-state index is 0.0658. The van der Waals surface area contributed by atoms with Crippen molar-refractivity contribution in [3.63, 3.8) is 0 Å². The Morgan fingerprint density at radius 3 is 2.95 bits per heavy atom. The number of sulfone groups is 1. The average Bonchev–Trinajstić information content (AvgIpc) is 2.95. The van der Waals surface area contributed by atoms with Crippen LogP contribution in [0.1, 0.15) is 17.5 Å². The monoisotopic (exact) mass is 359 g/mol. The van der Waals surface area contributed by atoms with Crippen LogP contribution >= 0.6 is 15.9 Å². The molecule has 2 aliphatic heterocycles. The molecule has 2 N–H and O–H groups in total. The molecule has 1 saturated heterocycles. The summed E-state index contributed by atoms with van der Waals surface area (Å²) in [6, 6.07) is 3.99. The molecular weight excluding hydrogens is 342 g/mol. The van der Waals surface area contributed by atoms with E-state index < -0.39 is 9.84 Å². The molecule has 0 bridgehead atoms. The fourth-order valence-electron chi connectivity index (χ4n) is 3.08. The average molecular weight is 360 g/mol. The van der Waals surface area contributed by atoms with Crippen LogP contribution in [0.2, 0.25) is 0 Å². The molecule has 1 aromatic carbocycles. The molecule has 2 aliphatic rings. The highest BCUT2D eigenvalue weighted by Crippen LogP contribution is 2.34. The van der Waals surface area contributed by atoms with Gasteiger partial charge in [0.2, 0.25) is 0 Å². The van der Waals surface area contributed by atoms with Crippen molar-refractivity contribution < 1.29 is 13.2 Å². The fourth-order valence-corrected chi connectivity index (χ4v) is 5.53. The molecule has 0 radical (unpaired) electrons. The van der Waals surface area contributed by atoms with E-state index in [0.717, 1.165) is 22.2 Å². The Labute approximate surface area is 127 Å². The summed E-state index contributed by atoms with van der Waals surface area (Å²) in [5.41, 5.74) is 8.54. The van der Waals surface area contributed by atoms with Crippen LogP contribution in [0.4, 0.5) is 0 Å². The van der Waals surface area contributed by atoms with Crippen LogP contribution in [-0.4, -0.2) is 32.6 Å². The number of hydrogen-bond acceptors (Lipinski definition) is 4. The molecule has 110 valence electrons. The van der Waals surface area contributed by atoms with Crippen molar-refractivity contribution >= 4 is 25.8 Å². The molecule has 2 atom stereocenters. The second kappa shape index (κ2) is 5.31. The van der Waals surface area contributed by atoms with E-state index >= 15 is 0 Å². The summed E-state index contributed by atoms with van der Waals surface area (Å²) in [6.07, 6.45) is 2.28. The normalized spacial score (nSPS) is 25.2. The minimum atomic E-state index is -2.87. The summed E-state index contributed by atoms with van der Waals surface area (Å²) in [7, 11) is -2.87. The summed E-state index contributed by atoms with van der Waals surface area (Å²) < 4.78 is 29.8. The number of rotatable bonds is 3. The first-order valence-corrected chi connectivity index (χ1v) is 9.46. The molecule has 0 spiro atoms. The molecule has 3 rings (SSSR count). The lowest BCUT2D eigenvalue weighted by Gasteiger charge is -2.19. The van der Waals surface area contributed by atoms with E-state index in [1.165, 1.54) is 5.56 Å². The van der Waals surface area contributed by atoms with Gasteiger partial charge in [0.15, 0.2) is 9.84 Å². The van der Waals surface area contributed by atoms with Crippen molar-refractivity contribution in [3.8, 4) is 5.75 Å². The second-order valence-electron chi connectivity index (χ2n) is 5.68. The Kier molecular flexibility index (Phi) is 3.81. The quantitative estimate of drug-likeness (QED) is 0.891. The molecule has 4 nitrogen and oxygen atoms in total. The van der Waals surface area contributed by atoms with Gasteiger partial charge in [0.1, 0.15) is 5.75 Å². The Morgan fingerprint density at radius 2 is 2.25 bits per heavy atom. The van der Waals surface area contributed by atoms with Gasteiger partial charge in [-0.3, -0.25) is 0 Å². The van der Waals surface area contributed by atoms with Gasteiger partial charge >= 0.3 is 0 Å². The van der Waals surface area contributed by atoms with Crippen molar-refractivity contribution in [1.82, 2.24) is 0 Å². The van der Waals surface area contributed by atoms with Crippen LogP contribution in [0, 0.1) is 5.92 Å². The Balaban J connectivity index is 1.78. The maximum atomic E-state index is 11.6. The third-order valence-corrected chi connectivity index (χ3v) is 6.41. The lowest BCUT2D eigenvalue weighted by atomic mass is 9.92. The number of benzene rings is 1. The van der Waals surface area contributed by atoms with E-state index in [4.69, 9.17) is 10.5 Å². The van der Waals surface area contributed by atoms with Gasteiger partial charge in [-0.05, 0) is 42.0 Å². The number of halogens is 1. The standard InChI is InChI=1S/C14H18BrNO3S/c15-12-5-9-1-3-19-14(9)11(6-12)7-13(16)10-2-4-20(17,18)8-10/h5-6,10,13H,1-4,7-8,16H2. The highest BCUT2D eigenvalue weighted by molar-refractivity contribution is 9.10. The summed E-state index contributed by atoms with van der Waals surface area (Å²) in [4.78, 5) is 0. The maximum absolute atomic E-state index is 11.6. The first-order valence-electron chi connectivity index (χ1n) is 6.85. The van der Waals surface area contributed by atoms with E-state index in [1.54, 1.807) is 0 Å². The molecule has 6 heteroatoms. The van der Waals surface area contributed by atoms with Gasteiger partial charge in [0, 0.05) is 16.9 Å². The van der Waals surface area contributed by atoms with E-state index in [0.29, 0.717) is 19.4 Å². The molecule has 0 amide bonds. The van der Waals surface area contributed by atoms with E-state index in [2.05, 4.69) is 22.0 Å². The predicted octanol–water partition coefficient (Wildman–Crippen LogP) is 1.69. The van der Waals surface area contributed by atoms with E-state index in [1.807, 2.05) is 6.07 Å². The van der Waals surface area contributed by atoms with Crippen molar-refractivity contribution in [3.05, 3.63) is 27.7 Å². The lowest BCUT2D eigenvalue weighted by molar-refractivity contribution is 0.350. The topological polar surface area (TPSA) is 69.4 Å². The van der Waals surface area contributed by atoms with Crippen LogP contribution in [-0.2, 0) is 22.7 Å². The van der Waals surface area contributed by atoms with Gasteiger partial charge in [-0.25, -0.2) is 8.42 Å². The van der Waals surface area contributed by atoms with E-state index in [-0.39, 0.29) is 23.5 Å². The zero-order chi connectivity index (χ0) is 14.3. The maximum Gasteiger partial charge on any atom is 0.150 e. The number of nitrogens with two attached hydrogens (primary N) is 1. The van der Waals surface area contributed by atoms with Crippen molar-refractivity contribution in [2.45, 2.75) is 25.3 Å². The third-order valence-electron chi connectivity index (χ3n) is 4.15. The first kappa shape index (κ1) is 14.4. The van der Waals surface area contributed by atoms with E-state index in [9.17, 15) is 8.42 Å². The highest BCUT2D eigenvalue weighted by atomic mass is 79.9. The minimum Gasteiger partial charge on any atom is -0.493 e. The molecule has 1 aromatic rings. The van der Waals surface area contributed by atoms with Gasteiger partial charge in [0.05, 0.1) is 18.1 Å². The van der Waals surface area contributed by atoms with Crippen LogP contribution in [0.5, 0.6) is 5.75 Å². The Hall–Kier alpha value is -0.590.